The lowest BCUT2D eigenvalue weighted by molar-refractivity contribution is -0.384. The molecule has 1 aromatic heterocycles. The fourth-order valence-electron chi connectivity index (χ4n) is 3.34. The van der Waals surface area contributed by atoms with Crippen LogP contribution in [0.15, 0.2) is 83.7 Å². The molecule has 4 aromatic rings. The van der Waals surface area contributed by atoms with Crippen molar-refractivity contribution in [2.45, 2.75) is 6.92 Å². The van der Waals surface area contributed by atoms with Crippen LogP contribution in [0.4, 0.5) is 11.5 Å². The lowest BCUT2D eigenvalue weighted by Crippen LogP contribution is -2.25. The largest absolute Gasteiger partial charge is 0.306 e. The van der Waals surface area contributed by atoms with Gasteiger partial charge in [-0.3, -0.25) is 19.7 Å². The molecule has 0 aliphatic heterocycles. The summed E-state index contributed by atoms with van der Waals surface area (Å²) < 4.78 is 1.45. The highest BCUT2D eigenvalue weighted by Gasteiger charge is 2.21. The van der Waals surface area contributed by atoms with E-state index in [4.69, 9.17) is 11.6 Å². The zero-order chi connectivity index (χ0) is 23.5. The molecule has 0 spiro atoms. The number of nitro groups is 1. The van der Waals surface area contributed by atoms with Gasteiger partial charge in [0.1, 0.15) is 11.5 Å². The molecule has 164 valence electrons. The summed E-state index contributed by atoms with van der Waals surface area (Å²) in [5.41, 5.74) is 1.36. The first-order chi connectivity index (χ1) is 15.8. The maximum atomic E-state index is 13.1. The number of rotatable bonds is 5. The number of carbonyl (C=O) groups is 1. The Hall–Kier alpha value is -4.30. The van der Waals surface area contributed by atoms with Crippen LogP contribution in [0.5, 0.6) is 0 Å². The number of anilines is 1. The zero-order valence-corrected chi connectivity index (χ0v) is 18.1. The number of aromatic nitrogens is 2. The molecule has 0 saturated carbocycles. The molecule has 0 unspecified atom stereocenters. The number of hydrogen-bond acceptors (Lipinski definition) is 5. The number of nitrogens with one attached hydrogen (secondary N) is 1. The SMILES string of the molecule is Cc1nn(-c2cccc(Cl)c2)c(NC(=O)c2ccc([N+](=O)[O-])cc2)c(-c2ccccc2)c1=O. The topological polar surface area (TPSA) is 107 Å². The highest BCUT2D eigenvalue weighted by molar-refractivity contribution is 6.30. The highest BCUT2D eigenvalue weighted by atomic mass is 35.5. The van der Waals surface area contributed by atoms with Crippen LogP contribution < -0.4 is 10.7 Å². The Morgan fingerprint density at radius 3 is 2.36 bits per heavy atom. The van der Waals surface area contributed by atoms with Crippen LogP contribution in [0.1, 0.15) is 16.1 Å². The van der Waals surface area contributed by atoms with E-state index in [-0.39, 0.29) is 33.8 Å². The van der Waals surface area contributed by atoms with E-state index in [9.17, 15) is 19.7 Å². The van der Waals surface area contributed by atoms with E-state index >= 15 is 0 Å². The average molecular weight is 461 g/mol. The first-order valence-electron chi connectivity index (χ1n) is 9.86. The lowest BCUT2D eigenvalue weighted by atomic mass is 10.0. The van der Waals surface area contributed by atoms with Crippen LogP contribution in [-0.2, 0) is 0 Å². The molecule has 8 nitrogen and oxygen atoms in total. The first-order valence-corrected chi connectivity index (χ1v) is 10.2. The van der Waals surface area contributed by atoms with Crippen molar-refractivity contribution in [3.63, 3.8) is 0 Å². The van der Waals surface area contributed by atoms with E-state index in [0.29, 0.717) is 16.3 Å². The monoisotopic (exact) mass is 460 g/mol. The number of nitrogens with zero attached hydrogens (tertiary/aromatic N) is 3. The molecule has 3 aromatic carbocycles. The summed E-state index contributed by atoms with van der Waals surface area (Å²) >= 11 is 6.17. The first kappa shape index (κ1) is 21.9. The number of non-ortho nitro benzene ring substituents is 1. The summed E-state index contributed by atoms with van der Waals surface area (Å²) in [7, 11) is 0. The minimum absolute atomic E-state index is 0.135. The molecule has 4 rings (SSSR count). The van der Waals surface area contributed by atoms with E-state index in [0.717, 1.165) is 0 Å². The average Bonchev–Trinajstić information content (AvgIpc) is 2.82. The van der Waals surface area contributed by atoms with E-state index in [1.54, 1.807) is 55.5 Å². The second-order valence-corrected chi connectivity index (χ2v) is 7.59. The maximum Gasteiger partial charge on any atom is 0.269 e. The van der Waals surface area contributed by atoms with Crippen LogP contribution in [0, 0.1) is 17.0 Å². The molecular weight excluding hydrogens is 444 g/mol. The molecule has 33 heavy (non-hydrogen) atoms. The Bertz CT molecular complexity index is 1420. The summed E-state index contributed by atoms with van der Waals surface area (Å²) in [4.78, 5) is 36.6. The third-order valence-corrected chi connectivity index (χ3v) is 5.18. The van der Waals surface area contributed by atoms with Gasteiger partial charge in [-0.1, -0.05) is 48.0 Å². The molecule has 0 bridgehead atoms. The van der Waals surface area contributed by atoms with Gasteiger partial charge in [-0.25, -0.2) is 4.68 Å². The summed E-state index contributed by atoms with van der Waals surface area (Å²) in [5.74, 6) is -0.398. The minimum atomic E-state index is -0.553. The quantitative estimate of drug-likeness (QED) is 0.332. The van der Waals surface area contributed by atoms with Crippen molar-refractivity contribution in [3.05, 3.63) is 115 Å². The number of nitro benzene ring substituents is 1. The Kier molecular flexibility index (Phi) is 6.01. The number of aryl methyl sites for hydroxylation is 1. The van der Waals surface area contributed by atoms with Crippen molar-refractivity contribution in [1.29, 1.82) is 0 Å². The van der Waals surface area contributed by atoms with Crippen molar-refractivity contribution < 1.29 is 9.72 Å². The predicted octanol–water partition coefficient (Wildman–Crippen LogP) is 5.02. The van der Waals surface area contributed by atoms with Crippen molar-refractivity contribution in [3.8, 4) is 16.8 Å². The molecule has 0 aliphatic rings. The number of carbonyl (C=O) groups excluding carboxylic acids is 1. The van der Waals surface area contributed by atoms with E-state index in [1.807, 2.05) is 6.07 Å². The molecule has 9 heteroatoms. The molecular formula is C24H17ClN4O4. The van der Waals surface area contributed by atoms with Gasteiger partial charge in [0.05, 0.1) is 16.2 Å². The van der Waals surface area contributed by atoms with Crippen LogP contribution in [0.3, 0.4) is 0 Å². The van der Waals surface area contributed by atoms with Gasteiger partial charge in [0.2, 0.25) is 5.43 Å². The second-order valence-electron chi connectivity index (χ2n) is 7.15. The Morgan fingerprint density at radius 1 is 1.03 bits per heavy atom. The summed E-state index contributed by atoms with van der Waals surface area (Å²) in [6, 6.07) is 20.9. The third kappa shape index (κ3) is 4.51. The predicted molar refractivity (Wildman–Crippen MR) is 126 cm³/mol. The van der Waals surface area contributed by atoms with Gasteiger partial charge >= 0.3 is 0 Å². The molecule has 0 radical (unpaired) electrons. The molecule has 0 fully saturated rings. The van der Waals surface area contributed by atoms with Gasteiger partial charge < -0.3 is 5.32 Å². The second kappa shape index (κ2) is 9.05. The molecule has 1 amide bonds. The van der Waals surface area contributed by atoms with Crippen LogP contribution >= 0.6 is 11.6 Å². The Balaban J connectivity index is 1.90. The van der Waals surface area contributed by atoms with E-state index in [1.165, 1.54) is 28.9 Å². The third-order valence-electron chi connectivity index (χ3n) is 4.94. The smallest absolute Gasteiger partial charge is 0.269 e. The highest BCUT2D eigenvalue weighted by Crippen LogP contribution is 2.28. The normalized spacial score (nSPS) is 10.6. The van der Waals surface area contributed by atoms with Crippen LogP contribution in [-0.4, -0.2) is 20.6 Å². The van der Waals surface area contributed by atoms with Gasteiger partial charge in [-0.2, -0.15) is 5.10 Å². The molecule has 1 N–H and O–H groups in total. The zero-order valence-electron chi connectivity index (χ0n) is 17.4. The summed E-state index contributed by atoms with van der Waals surface area (Å²) in [6.45, 7) is 1.59. The van der Waals surface area contributed by atoms with Gasteiger partial charge in [0.15, 0.2) is 0 Å². The van der Waals surface area contributed by atoms with E-state index in [2.05, 4.69) is 10.4 Å². The Morgan fingerprint density at radius 2 is 1.73 bits per heavy atom. The van der Waals surface area contributed by atoms with Crippen LogP contribution in [0.25, 0.3) is 16.8 Å². The number of benzene rings is 3. The fraction of sp³-hybridized carbons (Fsp3) is 0.0417. The minimum Gasteiger partial charge on any atom is -0.306 e. The summed E-state index contributed by atoms with van der Waals surface area (Å²) in [5, 5.41) is 18.6. The van der Waals surface area contributed by atoms with Crippen molar-refractivity contribution in [1.82, 2.24) is 9.78 Å². The molecule has 1 heterocycles. The maximum absolute atomic E-state index is 13.1. The Labute approximate surface area is 193 Å². The fourth-order valence-corrected chi connectivity index (χ4v) is 3.52. The lowest BCUT2D eigenvalue weighted by Gasteiger charge is -2.18. The van der Waals surface area contributed by atoms with Crippen molar-refractivity contribution in [2.75, 3.05) is 5.32 Å². The standard InChI is InChI=1S/C24H17ClN4O4/c1-15-22(30)21(16-6-3-2-4-7-16)23(28(27-15)20-9-5-8-18(25)14-20)26-24(31)17-10-12-19(13-11-17)29(32)33/h2-14H,1H3,(H,26,31). The number of amides is 1. The van der Waals surface area contributed by atoms with Crippen molar-refractivity contribution in [2.24, 2.45) is 0 Å². The molecule has 0 aliphatic carbocycles. The van der Waals surface area contributed by atoms with Crippen LogP contribution in [0.2, 0.25) is 5.02 Å². The summed E-state index contributed by atoms with van der Waals surface area (Å²) in [6.07, 6.45) is 0. The number of halogens is 1. The molecule has 0 atom stereocenters. The van der Waals surface area contributed by atoms with Gasteiger partial charge in [0, 0.05) is 22.7 Å². The van der Waals surface area contributed by atoms with Gasteiger partial charge in [-0.05, 0) is 42.8 Å². The van der Waals surface area contributed by atoms with E-state index < -0.39 is 10.8 Å². The number of hydrogen-bond donors (Lipinski definition) is 1. The molecule has 0 saturated heterocycles. The van der Waals surface area contributed by atoms with Gasteiger partial charge in [-0.15, -0.1) is 0 Å². The van der Waals surface area contributed by atoms with Gasteiger partial charge in [0.25, 0.3) is 11.6 Å². The van der Waals surface area contributed by atoms with Crippen molar-refractivity contribution >= 4 is 29.0 Å².